The van der Waals surface area contributed by atoms with E-state index in [9.17, 15) is 0 Å². The van der Waals surface area contributed by atoms with Gasteiger partial charge >= 0.3 is 0 Å². The highest BCUT2D eigenvalue weighted by Gasteiger charge is 2.14. The highest BCUT2D eigenvalue weighted by molar-refractivity contribution is 4.67. The van der Waals surface area contributed by atoms with Crippen LogP contribution >= 0.6 is 0 Å². The smallest absolute Gasteiger partial charge is 0.0509 e. The van der Waals surface area contributed by atoms with E-state index in [0.717, 1.165) is 0 Å². The van der Waals surface area contributed by atoms with Crippen molar-refractivity contribution in [3.05, 3.63) is 0 Å². The van der Waals surface area contributed by atoms with Crippen LogP contribution in [-0.2, 0) is 0 Å². The maximum absolute atomic E-state index is 3.85. The molecule has 3 heteroatoms. The van der Waals surface area contributed by atoms with Crippen LogP contribution in [0.2, 0.25) is 0 Å². The zero-order chi connectivity index (χ0) is 7.49. The summed E-state index contributed by atoms with van der Waals surface area (Å²) < 4.78 is 0. The van der Waals surface area contributed by atoms with Gasteiger partial charge in [-0.3, -0.25) is 5.01 Å². The second-order valence-electron chi connectivity index (χ2n) is 2.98. The Kier molecular flexibility index (Phi) is 2.62. The van der Waals surface area contributed by atoms with Gasteiger partial charge in [-0.15, -0.1) is 0 Å². The Morgan fingerprint density at radius 1 is 1.22 bits per heavy atom. The Morgan fingerprint density at radius 2 is 1.67 bits per heavy atom. The third-order valence-corrected chi connectivity index (χ3v) is 1.19. The lowest BCUT2D eigenvalue weighted by molar-refractivity contribution is 0.169. The molecule has 0 fully saturated rings. The molecule has 54 valence electrons. The molecule has 0 bridgehead atoms. The fraction of sp³-hybridized carbons (Fsp3) is 1.00. The maximum atomic E-state index is 3.85. The summed E-state index contributed by atoms with van der Waals surface area (Å²) in [6.45, 7) is 6.26. The summed E-state index contributed by atoms with van der Waals surface area (Å²) in [6, 6.07) is 0. The summed E-state index contributed by atoms with van der Waals surface area (Å²) in [7, 11) is 3.58. The third kappa shape index (κ3) is 3.06. The number of hydrogen-bond donors (Lipinski definition) is 0. The molecule has 0 aliphatic rings. The van der Waals surface area contributed by atoms with E-state index in [-0.39, 0.29) is 5.54 Å². The van der Waals surface area contributed by atoms with Gasteiger partial charge in [0.2, 0.25) is 0 Å². The van der Waals surface area contributed by atoms with Crippen LogP contribution in [0.4, 0.5) is 0 Å². The Labute approximate surface area is 56.7 Å². The van der Waals surface area contributed by atoms with E-state index < -0.39 is 0 Å². The maximum Gasteiger partial charge on any atom is 0.0509 e. The highest BCUT2D eigenvalue weighted by atomic mass is 15.5. The fourth-order valence-corrected chi connectivity index (χ4v) is 0.268. The lowest BCUT2D eigenvalue weighted by Gasteiger charge is -2.27. The summed E-state index contributed by atoms with van der Waals surface area (Å²) >= 11 is 0. The molecule has 0 aliphatic heterocycles. The van der Waals surface area contributed by atoms with Gasteiger partial charge in [0.05, 0.1) is 12.6 Å². The van der Waals surface area contributed by atoms with Gasteiger partial charge in [-0.2, -0.15) is 5.11 Å². The number of nitrogens with zero attached hydrogens (tertiary/aromatic N) is 3. The summed E-state index contributed by atoms with van der Waals surface area (Å²) in [5.74, 6) is 0. The molecular weight excluding hydrogens is 114 g/mol. The van der Waals surface area contributed by atoms with Gasteiger partial charge in [-0.25, -0.2) is 0 Å². The molecule has 0 unspecified atom stereocenters. The summed E-state index contributed by atoms with van der Waals surface area (Å²) in [6.07, 6.45) is 0. The van der Waals surface area contributed by atoms with Crippen LogP contribution in [0.5, 0.6) is 0 Å². The van der Waals surface area contributed by atoms with Gasteiger partial charge in [-0.05, 0) is 20.8 Å². The quantitative estimate of drug-likeness (QED) is 0.391. The Balaban J connectivity index is 3.88. The van der Waals surface area contributed by atoms with Crippen molar-refractivity contribution < 1.29 is 0 Å². The van der Waals surface area contributed by atoms with Crippen molar-refractivity contribution in [2.24, 2.45) is 10.3 Å². The van der Waals surface area contributed by atoms with Crippen LogP contribution in [0.3, 0.4) is 0 Å². The Bertz CT molecular complexity index is 101. The van der Waals surface area contributed by atoms with Crippen molar-refractivity contribution in [1.82, 2.24) is 5.01 Å². The lowest BCUT2D eigenvalue weighted by Crippen LogP contribution is -2.33. The van der Waals surface area contributed by atoms with Crippen molar-refractivity contribution in [3.63, 3.8) is 0 Å². The first kappa shape index (κ1) is 8.40. The molecular formula is C6H15N3. The van der Waals surface area contributed by atoms with E-state index in [2.05, 4.69) is 31.1 Å². The normalized spacial score (nSPS) is 12.6. The van der Waals surface area contributed by atoms with Crippen LogP contribution in [0, 0.1) is 0 Å². The average Bonchev–Trinajstić information content (AvgIpc) is 1.64. The molecule has 3 nitrogen and oxygen atoms in total. The van der Waals surface area contributed by atoms with E-state index in [4.69, 9.17) is 0 Å². The molecule has 9 heavy (non-hydrogen) atoms. The lowest BCUT2D eigenvalue weighted by atomic mass is 10.1. The largest absolute Gasteiger partial charge is 0.277 e. The molecule has 0 atom stereocenters. The van der Waals surface area contributed by atoms with E-state index in [0.29, 0.717) is 0 Å². The van der Waals surface area contributed by atoms with Gasteiger partial charge in [0, 0.05) is 7.05 Å². The first-order chi connectivity index (χ1) is 3.98. The minimum Gasteiger partial charge on any atom is -0.277 e. The Hall–Kier alpha value is -0.600. The Morgan fingerprint density at radius 3 is 1.78 bits per heavy atom. The zero-order valence-electron chi connectivity index (χ0n) is 6.84. The molecule has 0 spiro atoms. The molecule has 0 saturated carbocycles. The first-order valence-corrected chi connectivity index (χ1v) is 3.02. The zero-order valence-corrected chi connectivity index (χ0v) is 6.84. The average molecular weight is 129 g/mol. The molecule has 0 radical (unpaired) electrons. The van der Waals surface area contributed by atoms with Gasteiger partial charge in [0.25, 0.3) is 0 Å². The second kappa shape index (κ2) is 2.80. The first-order valence-electron chi connectivity index (χ1n) is 3.02. The number of hydrogen-bond acceptors (Lipinski definition) is 2. The van der Waals surface area contributed by atoms with Crippen molar-refractivity contribution in [2.45, 2.75) is 26.3 Å². The van der Waals surface area contributed by atoms with Crippen molar-refractivity contribution in [1.29, 1.82) is 0 Å². The number of rotatable bonds is 1. The topological polar surface area (TPSA) is 28.0 Å². The van der Waals surface area contributed by atoms with Crippen LogP contribution in [0.25, 0.3) is 0 Å². The monoisotopic (exact) mass is 129 g/mol. The van der Waals surface area contributed by atoms with E-state index in [1.807, 2.05) is 12.1 Å². The molecule has 0 aromatic rings. The minimum absolute atomic E-state index is 0.0828. The van der Waals surface area contributed by atoms with Crippen molar-refractivity contribution in [2.75, 3.05) is 14.1 Å². The molecule has 0 aromatic heterocycles. The molecule has 0 heterocycles. The summed E-state index contributed by atoms with van der Waals surface area (Å²) in [5, 5.41) is 9.33. The SMILES string of the molecule is CN=NN(C)C(C)(C)C. The van der Waals surface area contributed by atoms with Gasteiger partial charge < -0.3 is 0 Å². The van der Waals surface area contributed by atoms with Crippen molar-refractivity contribution in [3.8, 4) is 0 Å². The fourth-order valence-electron chi connectivity index (χ4n) is 0.268. The van der Waals surface area contributed by atoms with Crippen LogP contribution in [0.15, 0.2) is 10.3 Å². The van der Waals surface area contributed by atoms with E-state index >= 15 is 0 Å². The predicted octanol–water partition coefficient (Wildman–Crippen LogP) is 1.71. The third-order valence-electron chi connectivity index (χ3n) is 1.19. The van der Waals surface area contributed by atoms with Crippen LogP contribution in [-0.4, -0.2) is 24.6 Å². The standard InChI is InChI=1S/C6H15N3/c1-6(2,3)9(5)8-7-4/h1-5H3. The second-order valence-corrected chi connectivity index (χ2v) is 2.98. The van der Waals surface area contributed by atoms with Gasteiger partial charge in [0.15, 0.2) is 0 Å². The van der Waals surface area contributed by atoms with Gasteiger partial charge in [0.1, 0.15) is 0 Å². The van der Waals surface area contributed by atoms with Crippen LogP contribution in [0.1, 0.15) is 20.8 Å². The molecule has 0 amide bonds. The van der Waals surface area contributed by atoms with Crippen molar-refractivity contribution >= 4 is 0 Å². The highest BCUT2D eigenvalue weighted by Crippen LogP contribution is 2.09. The molecule has 0 rings (SSSR count). The van der Waals surface area contributed by atoms with Gasteiger partial charge in [-0.1, -0.05) is 5.22 Å². The minimum atomic E-state index is 0.0828. The van der Waals surface area contributed by atoms with Crippen LogP contribution < -0.4 is 0 Å². The summed E-state index contributed by atoms with van der Waals surface area (Å²) in [5.41, 5.74) is 0.0828. The predicted molar refractivity (Wildman–Crippen MR) is 38.3 cm³/mol. The van der Waals surface area contributed by atoms with E-state index in [1.54, 1.807) is 7.05 Å². The molecule has 0 N–H and O–H groups in total. The molecule has 0 aromatic carbocycles. The summed E-state index contributed by atoms with van der Waals surface area (Å²) in [4.78, 5) is 0. The molecule has 0 aliphatic carbocycles. The van der Waals surface area contributed by atoms with E-state index in [1.165, 1.54) is 0 Å². The molecule has 0 saturated heterocycles.